The highest BCUT2D eigenvalue weighted by molar-refractivity contribution is 5.78. The Morgan fingerprint density at radius 1 is 1.30 bits per heavy atom. The minimum absolute atomic E-state index is 0.0809. The van der Waals surface area contributed by atoms with Crippen LogP contribution in [0.5, 0.6) is 0 Å². The molecule has 1 amide bonds. The van der Waals surface area contributed by atoms with Crippen LogP contribution in [0.25, 0.3) is 11.5 Å². The quantitative estimate of drug-likeness (QED) is 0.941. The summed E-state index contributed by atoms with van der Waals surface area (Å²) in [4.78, 5) is 18.8. The summed E-state index contributed by atoms with van der Waals surface area (Å²) in [6.45, 7) is 3.49. The van der Waals surface area contributed by atoms with Gasteiger partial charge in [-0.3, -0.25) is 4.79 Å². The summed E-state index contributed by atoms with van der Waals surface area (Å²) in [5, 5.41) is 9.17. The van der Waals surface area contributed by atoms with E-state index in [-0.39, 0.29) is 18.9 Å². The number of hydrogen-bond acceptors (Lipinski definition) is 4. The number of likely N-dealkylation sites (tertiary alicyclic amines) is 1. The molecule has 0 spiro atoms. The van der Waals surface area contributed by atoms with E-state index in [1.807, 2.05) is 42.2 Å². The number of aryl methyl sites for hydroxylation is 1. The highest BCUT2D eigenvalue weighted by Crippen LogP contribution is 2.23. The molecule has 0 atom stereocenters. The molecule has 0 saturated carbocycles. The van der Waals surface area contributed by atoms with Crippen molar-refractivity contribution in [2.45, 2.75) is 26.2 Å². The molecule has 3 rings (SSSR count). The van der Waals surface area contributed by atoms with Crippen molar-refractivity contribution in [1.82, 2.24) is 9.88 Å². The Labute approximate surface area is 135 Å². The van der Waals surface area contributed by atoms with E-state index in [4.69, 9.17) is 4.42 Å². The van der Waals surface area contributed by atoms with Gasteiger partial charge in [0, 0.05) is 25.3 Å². The Morgan fingerprint density at radius 3 is 2.65 bits per heavy atom. The number of nitrogens with zero attached hydrogens (tertiary/aromatic N) is 2. The molecule has 1 N–H and O–H groups in total. The molecule has 23 heavy (non-hydrogen) atoms. The van der Waals surface area contributed by atoms with Crippen molar-refractivity contribution in [2.75, 3.05) is 19.7 Å². The highest BCUT2D eigenvalue weighted by Gasteiger charge is 2.24. The number of carbonyl (C=O) groups excluding carboxylic acids is 1. The first-order valence-electron chi connectivity index (χ1n) is 8.07. The average molecular weight is 314 g/mol. The van der Waals surface area contributed by atoms with Gasteiger partial charge in [0.25, 0.3) is 0 Å². The van der Waals surface area contributed by atoms with Gasteiger partial charge in [0.1, 0.15) is 5.76 Å². The molecule has 0 unspecified atom stereocenters. The Morgan fingerprint density at radius 2 is 2.00 bits per heavy atom. The third-order valence-corrected chi connectivity index (χ3v) is 4.46. The van der Waals surface area contributed by atoms with Crippen molar-refractivity contribution in [2.24, 2.45) is 5.92 Å². The van der Waals surface area contributed by atoms with Gasteiger partial charge in [-0.25, -0.2) is 4.98 Å². The van der Waals surface area contributed by atoms with Crippen LogP contribution in [0.2, 0.25) is 0 Å². The van der Waals surface area contributed by atoms with Gasteiger partial charge < -0.3 is 14.4 Å². The normalized spacial score (nSPS) is 15.8. The zero-order valence-corrected chi connectivity index (χ0v) is 13.4. The highest BCUT2D eigenvalue weighted by atomic mass is 16.4. The second-order valence-corrected chi connectivity index (χ2v) is 6.07. The second kappa shape index (κ2) is 6.96. The summed E-state index contributed by atoms with van der Waals surface area (Å²) in [6, 6.07) is 9.70. The third kappa shape index (κ3) is 3.62. The number of aliphatic hydroxyl groups excluding tert-OH is 1. The zero-order chi connectivity index (χ0) is 16.2. The molecular weight excluding hydrogens is 292 g/mol. The van der Waals surface area contributed by atoms with E-state index in [1.54, 1.807) is 0 Å². The smallest absolute Gasteiger partial charge is 0.228 e. The molecule has 122 valence electrons. The standard InChI is InChI=1S/C18H22N2O3/c1-13-16(19-18(23-13)15-5-3-2-4-6-15)11-17(22)20-9-7-14(12-21)8-10-20/h2-6,14,21H,7-12H2,1H3. The van der Waals surface area contributed by atoms with Gasteiger partial charge in [-0.15, -0.1) is 0 Å². The largest absolute Gasteiger partial charge is 0.441 e. The van der Waals surface area contributed by atoms with Crippen molar-refractivity contribution in [3.8, 4) is 11.5 Å². The lowest BCUT2D eigenvalue weighted by molar-refractivity contribution is -0.132. The molecule has 0 aliphatic carbocycles. The van der Waals surface area contributed by atoms with Crippen molar-refractivity contribution in [1.29, 1.82) is 0 Å². The van der Waals surface area contributed by atoms with Gasteiger partial charge in [0.05, 0.1) is 12.1 Å². The zero-order valence-electron chi connectivity index (χ0n) is 13.4. The van der Waals surface area contributed by atoms with Crippen LogP contribution in [-0.4, -0.2) is 40.6 Å². The van der Waals surface area contributed by atoms with Crippen LogP contribution in [-0.2, 0) is 11.2 Å². The Hall–Kier alpha value is -2.14. The minimum Gasteiger partial charge on any atom is -0.441 e. The lowest BCUT2D eigenvalue weighted by Crippen LogP contribution is -2.40. The van der Waals surface area contributed by atoms with Gasteiger partial charge in [-0.05, 0) is 37.8 Å². The van der Waals surface area contributed by atoms with Gasteiger partial charge >= 0.3 is 0 Å². The number of piperidine rings is 1. The molecule has 2 heterocycles. The van der Waals surface area contributed by atoms with Crippen LogP contribution in [0.1, 0.15) is 24.3 Å². The molecule has 2 aromatic rings. The van der Waals surface area contributed by atoms with Gasteiger partial charge in [-0.1, -0.05) is 18.2 Å². The topological polar surface area (TPSA) is 66.6 Å². The maximum Gasteiger partial charge on any atom is 0.228 e. The van der Waals surface area contributed by atoms with Crippen LogP contribution < -0.4 is 0 Å². The van der Waals surface area contributed by atoms with E-state index in [9.17, 15) is 9.90 Å². The molecule has 5 heteroatoms. The number of rotatable bonds is 4. The number of carbonyl (C=O) groups is 1. The van der Waals surface area contributed by atoms with Crippen molar-refractivity contribution >= 4 is 5.91 Å². The fourth-order valence-electron chi connectivity index (χ4n) is 2.92. The average Bonchev–Trinajstić information content (AvgIpc) is 2.96. The molecule has 1 aliphatic rings. The van der Waals surface area contributed by atoms with Gasteiger partial charge in [0.2, 0.25) is 11.8 Å². The maximum atomic E-state index is 12.4. The predicted octanol–water partition coefficient (Wildman–Crippen LogP) is 2.42. The van der Waals surface area contributed by atoms with E-state index >= 15 is 0 Å². The lowest BCUT2D eigenvalue weighted by Gasteiger charge is -2.31. The van der Waals surface area contributed by atoms with Crippen molar-refractivity contribution < 1.29 is 14.3 Å². The molecule has 1 aliphatic heterocycles. The summed E-state index contributed by atoms with van der Waals surface area (Å²) < 4.78 is 5.71. The Balaban J connectivity index is 1.66. The van der Waals surface area contributed by atoms with E-state index in [0.29, 0.717) is 36.4 Å². The van der Waals surface area contributed by atoms with Crippen molar-refractivity contribution in [3.05, 3.63) is 41.8 Å². The third-order valence-electron chi connectivity index (χ3n) is 4.46. The SMILES string of the molecule is Cc1oc(-c2ccccc2)nc1CC(=O)N1CCC(CO)CC1. The van der Waals surface area contributed by atoms with Crippen molar-refractivity contribution in [3.63, 3.8) is 0 Å². The molecule has 0 radical (unpaired) electrons. The fraction of sp³-hybridized carbons (Fsp3) is 0.444. The number of benzene rings is 1. The first-order chi connectivity index (χ1) is 11.2. The number of amides is 1. The number of hydrogen-bond donors (Lipinski definition) is 1. The van der Waals surface area contributed by atoms with Crippen LogP contribution in [0.3, 0.4) is 0 Å². The second-order valence-electron chi connectivity index (χ2n) is 6.07. The van der Waals surface area contributed by atoms with E-state index in [0.717, 1.165) is 18.4 Å². The summed E-state index contributed by atoms with van der Waals surface area (Å²) in [7, 11) is 0. The number of aliphatic hydroxyl groups is 1. The van der Waals surface area contributed by atoms with Crippen LogP contribution in [0, 0.1) is 12.8 Å². The van der Waals surface area contributed by atoms with Crippen LogP contribution in [0.4, 0.5) is 0 Å². The molecular formula is C18H22N2O3. The Bertz CT molecular complexity index is 658. The number of aromatic nitrogens is 1. The molecule has 1 aromatic carbocycles. The minimum atomic E-state index is 0.0809. The van der Waals surface area contributed by atoms with Crippen LogP contribution >= 0.6 is 0 Å². The molecule has 1 saturated heterocycles. The maximum absolute atomic E-state index is 12.4. The molecule has 5 nitrogen and oxygen atoms in total. The summed E-state index contributed by atoms with van der Waals surface area (Å²) >= 11 is 0. The van der Waals surface area contributed by atoms with E-state index in [2.05, 4.69) is 4.98 Å². The monoisotopic (exact) mass is 314 g/mol. The van der Waals surface area contributed by atoms with Gasteiger partial charge in [0.15, 0.2) is 0 Å². The van der Waals surface area contributed by atoms with E-state index in [1.165, 1.54) is 0 Å². The predicted molar refractivity (Wildman–Crippen MR) is 86.8 cm³/mol. The lowest BCUT2D eigenvalue weighted by atomic mass is 9.97. The summed E-state index contributed by atoms with van der Waals surface area (Å²) in [5.41, 5.74) is 1.62. The number of oxazole rings is 1. The van der Waals surface area contributed by atoms with Gasteiger partial charge in [-0.2, -0.15) is 0 Å². The first-order valence-corrected chi connectivity index (χ1v) is 8.07. The van der Waals surface area contributed by atoms with Crippen LogP contribution in [0.15, 0.2) is 34.7 Å². The molecule has 0 bridgehead atoms. The molecule has 1 aromatic heterocycles. The fourth-order valence-corrected chi connectivity index (χ4v) is 2.92. The first kappa shape index (κ1) is 15.7. The summed E-state index contributed by atoms with van der Waals surface area (Å²) in [6.07, 6.45) is 2.01. The summed E-state index contributed by atoms with van der Waals surface area (Å²) in [5.74, 6) is 1.67. The van der Waals surface area contributed by atoms with E-state index < -0.39 is 0 Å². The Kier molecular flexibility index (Phi) is 4.76. The molecule has 1 fully saturated rings.